The summed E-state index contributed by atoms with van der Waals surface area (Å²) in [4.78, 5) is 0. The average molecular weight is 158 g/mol. The van der Waals surface area contributed by atoms with E-state index in [0.29, 0.717) is 0 Å². The zero-order valence-corrected chi connectivity index (χ0v) is 6.87. The molecule has 0 bridgehead atoms. The molecule has 0 aliphatic carbocycles. The predicted octanol–water partition coefficient (Wildman–Crippen LogP) is 0.792. The first-order valence-electron chi connectivity index (χ1n) is 3.25. The minimum atomic E-state index is -1.53. The Bertz CT molecular complexity index is 141. The Morgan fingerprint density at radius 2 is 1.36 bits per heavy atom. The van der Waals surface area contributed by atoms with Crippen LogP contribution in [0.2, 0.25) is 0 Å². The summed E-state index contributed by atoms with van der Waals surface area (Å²) in [6.45, 7) is 9.41. The fourth-order valence-electron chi connectivity index (χ4n) is 0.502. The van der Waals surface area contributed by atoms with E-state index in [2.05, 4.69) is 13.2 Å². The maximum Gasteiger partial charge on any atom is 0.185 e. The van der Waals surface area contributed by atoms with E-state index in [0.717, 1.165) is 0 Å². The average Bonchev–Trinajstić information content (AvgIpc) is 1.86. The van der Waals surface area contributed by atoms with Gasteiger partial charge in [-0.2, -0.15) is 0 Å². The highest BCUT2D eigenvalue weighted by Gasteiger charge is 2.27. The Morgan fingerprint density at radius 1 is 1.09 bits per heavy atom. The van der Waals surface area contributed by atoms with Crippen molar-refractivity contribution < 1.29 is 14.9 Å². The number of aliphatic hydroxyl groups is 2. The van der Waals surface area contributed by atoms with E-state index in [1.807, 2.05) is 0 Å². The van der Waals surface area contributed by atoms with Gasteiger partial charge in [0.15, 0.2) is 11.6 Å². The molecule has 2 atom stereocenters. The van der Waals surface area contributed by atoms with Gasteiger partial charge in [-0.25, -0.2) is 0 Å². The third kappa shape index (κ3) is 3.93. The molecule has 0 aromatic heterocycles. The number of rotatable bonds is 4. The van der Waals surface area contributed by atoms with Crippen LogP contribution >= 0.6 is 0 Å². The lowest BCUT2D eigenvalue weighted by molar-refractivity contribution is -0.276. The summed E-state index contributed by atoms with van der Waals surface area (Å²) in [6.07, 6.45) is 2.37. The van der Waals surface area contributed by atoms with Gasteiger partial charge in [0, 0.05) is 0 Å². The molecule has 3 heteroatoms. The van der Waals surface area contributed by atoms with Crippen molar-refractivity contribution in [3.8, 4) is 0 Å². The molecule has 64 valence electrons. The van der Waals surface area contributed by atoms with Gasteiger partial charge in [-0.15, -0.1) is 0 Å². The smallest absolute Gasteiger partial charge is 0.185 e. The van der Waals surface area contributed by atoms with Crippen LogP contribution in [0, 0.1) is 0 Å². The summed E-state index contributed by atoms with van der Waals surface area (Å²) in [5.74, 6) is -3.06. The zero-order chi connectivity index (χ0) is 9.12. The first kappa shape index (κ1) is 10.4. The fourth-order valence-corrected chi connectivity index (χ4v) is 0.502. The van der Waals surface area contributed by atoms with Crippen molar-refractivity contribution in [2.24, 2.45) is 0 Å². The van der Waals surface area contributed by atoms with Crippen LogP contribution in [-0.4, -0.2) is 21.8 Å². The normalized spacial score (nSPS) is 21.5. The Kier molecular flexibility index (Phi) is 2.99. The lowest BCUT2D eigenvalue weighted by Crippen LogP contribution is -2.37. The summed E-state index contributed by atoms with van der Waals surface area (Å²) in [7, 11) is 0. The molecule has 0 aliphatic heterocycles. The van der Waals surface area contributed by atoms with Crippen molar-refractivity contribution in [1.29, 1.82) is 0 Å². The van der Waals surface area contributed by atoms with Crippen LogP contribution in [-0.2, 0) is 4.74 Å². The quantitative estimate of drug-likeness (QED) is 0.470. The Labute approximate surface area is 66.6 Å². The first-order chi connectivity index (χ1) is 4.83. The van der Waals surface area contributed by atoms with Crippen LogP contribution < -0.4 is 0 Å². The van der Waals surface area contributed by atoms with Gasteiger partial charge in [-0.1, -0.05) is 13.2 Å². The minimum absolute atomic E-state index is 1.19. The van der Waals surface area contributed by atoms with Gasteiger partial charge in [0.1, 0.15) is 0 Å². The van der Waals surface area contributed by atoms with Crippen molar-refractivity contribution in [2.45, 2.75) is 25.4 Å². The molecule has 0 amide bonds. The molecular weight excluding hydrogens is 144 g/mol. The molecule has 0 saturated heterocycles. The fraction of sp³-hybridized carbons (Fsp3) is 0.500. The van der Waals surface area contributed by atoms with Crippen LogP contribution in [0.5, 0.6) is 0 Å². The first-order valence-corrected chi connectivity index (χ1v) is 3.25. The maximum atomic E-state index is 9.24. The Morgan fingerprint density at radius 3 is 1.55 bits per heavy atom. The van der Waals surface area contributed by atoms with Crippen LogP contribution in [0.3, 0.4) is 0 Å². The van der Waals surface area contributed by atoms with Gasteiger partial charge < -0.3 is 14.9 Å². The van der Waals surface area contributed by atoms with Crippen molar-refractivity contribution in [3.63, 3.8) is 0 Å². The monoisotopic (exact) mass is 158 g/mol. The summed E-state index contributed by atoms with van der Waals surface area (Å²) in [6, 6.07) is 0. The maximum absolute atomic E-state index is 9.24. The molecule has 11 heavy (non-hydrogen) atoms. The Hall–Kier alpha value is -0.640. The van der Waals surface area contributed by atoms with E-state index < -0.39 is 11.6 Å². The molecular formula is C8H14O3. The molecule has 0 aliphatic rings. The molecule has 0 spiro atoms. The predicted molar refractivity (Wildman–Crippen MR) is 42.7 cm³/mol. The highest BCUT2D eigenvalue weighted by Crippen LogP contribution is 2.17. The van der Waals surface area contributed by atoms with E-state index in [-0.39, 0.29) is 0 Å². The minimum Gasteiger partial charge on any atom is -0.362 e. The van der Waals surface area contributed by atoms with Gasteiger partial charge in [0.2, 0.25) is 0 Å². The molecule has 0 aromatic rings. The van der Waals surface area contributed by atoms with Gasteiger partial charge in [0.05, 0.1) is 0 Å². The third-order valence-electron chi connectivity index (χ3n) is 1.17. The molecule has 0 saturated carbocycles. The second kappa shape index (κ2) is 3.17. The number of hydrogen-bond acceptors (Lipinski definition) is 3. The third-order valence-corrected chi connectivity index (χ3v) is 1.17. The molecule has 0 radical (unpaired) electrons. The standard InChI is InChI=1S/C8H14O3/c1-5-7(3,9)11-8(4,10)6-2/h5-6,9-10H,1-2H2,3-4H3. The van der Waals surface area contributed by atoms with Crippen molar-refractivity contribution in [2.75, 3.05) is 0 Å². The number of hydrogen-bond donors (Lipinski definition) is 2. The van der Waals surface area contributed by atoms with Gasteiger partial charge >= 0.3 is 0 Å². The van der Waals surface area contributed by atoms with E-state index in [9.17, 15) is 10.2 Å². The van der Waals surface area contributed by atoms with E-state index in [1.165, 1.54) is 26.0 Å². The molecule has 0 rings (SSSR count). The Balaban J connectivity index is 4.23. The summed E-state index contributed by atoms with van der Waals surface area (Å²) >= 11 is 0. The second-order valence-electron chi connectivity index (χ2n) is 2.62. The largest absolute Gasteiger partial charge is 0.362 e. The lowest BCUT2D eigenvalue weighted by atomic mass is 10.2. The van der Waals surface area contributed by atoms with Crippen LogP contribution in [0.15, 0.2) is 25.3 Å². The summed E-state index contributed by atoms with van der Waals surface area (Å²) in [5, 5.41) is 18.5. The van der Waals surface area contributed by atoms with E-state index in [1.54, 1.807) is 0 Å². The SMILES string of the molecule is C=CC(C)(O)OC(C)(O)C=C. The molecule has 0 heterocycles. The molecule has 3 nitrogen and oxygen atoms in total. The summed E-state index contributed by atoms with van der Waals surface area (Å²) in [5.41, 5.74) is 0. The van der Waals surface area contributed by atoms with E-state index in [4.69, 9.17) is 4.74 Å². The lowest BCUT2D eigenvalue weighted by Gasteiger charge is -2.28. The topological polar surface area (TPSA) is 49.7 Å². The van der Waals surface area contributed by atoms with Crippen molar-refractivity contribution in [1.82, 2.24) is 0 Å². The molecule has 2 N–H and O–H groups in total. The van der Waals surface area contributed by atoms with Gasteiger partial charge in [-0.3, -0.25) is 0 Å². The van der Waals surface area contributed by atoms with Crippen LogP contribution in [0.25, 0.3) is 0 Å². The van der Waals surface area contributed by atoms with Crippen molar-refractivity contribution >= 4 is 0 Å². The number of ether oxygens (including phenoxy) is 1. The molecule has 0 fully saturated rings. The van der Waals surface area contributed by atoms with Gasteiger partial charge in [-0.05, 0) is 26.0 Å². The van der Waals surface area contributed by atoms with Crippen molar-refractivity contribution in [3.05, 3.63) is 25.3 Å². The second-order valence-corrected chi connectivity index (χ2v) is 2.62. The van der Waals surface area contributed by atoms with Crippen LogP contribution in [0.1, 0.15) is 13.8 Å². The summed E-state index contributed by atoms with van der Waals surface area (Å²) < 4.78 is 4.80. The van der Waals surface area contributed by atoms with Crippen LogP contribution in [0.4, 0.5) is 0 Å². The zero-order valence-electron chi connectivity index (χ0n) is 6.87. The molecule has 2 unspecified atom stereocenters. The molecule has 0 aromatic carbocycles. The van der Waals surface area contributed by atoms with Gasteiger partial charge in [0.25, 0.3) is 0 Å². The highest BCUT2D eigenvalue weighted by molar-refractivity contribution is 4.90. The van der Waals surface area contributed by atoms with E-state index >= 15 is 0 Å². The highest BCUT2D eigenvalue weighted by atomic mass is 16.7.